The molecule has 0 aromatic heterocycles. The van der Waals surface area contributed by atoms with E-state index in [9.17, 15) is 18.0 Å². The molecule has 0 aliphatic carbocycles. The maximum absolute atomic E-state index is 14.0. The van der Waals surface area contributed by atoms with Crippen LogP contribution in [0.15, 0.2) is 77.7 Å². The third kappa shape index (κ3) is 7.23. The van der Waals surface area contributed by atoms with Crippen LogP contribution in [0.1, 0.15) is 25.8 Å². The first-order valence-electron chi connectivity index (χ1n) is 12.4. The molecular weight excluding hydrogens is 561 g/mol. The molecule has 1 atom stereocenters. The number of anilines is 1. The number of benzene rings is 3. The van der Waals surface area contributed by atoms with Crippen LogP contribution in [0.5, 0.6) is 5.75 Å². The van der Waals surface area contributed by atoms with Gasteiger partial charge in [0, 0.05) is 28.7 Å². The predicted molar refractivity (Wildman–Crippen MR) is 154 cm³/mol. The van der Waals surface area contributed by atoms with Crippen molar-refractivity contribution in [2.75, 3.05) is 24.5 Å². The molecule has 0 unspecified atom stereocenters. The molecule has 0 heterocycles. The Morgan fingerprint density at radius 1 is 0.923 bits per heavy atom. The molecule has 3 aromatic rings. The van der Waals surface area contributed by atoms with Gasteiger partial charge >= 0.3 is 0 Å². The molecule has 0 bridgehead atoms. The van der Waals surface area contributed by atoms with Crippen LogP contribution in [-0.4, -0.2) is 51.4 Å². The third-order valence-electron chi connectivity index (χ3n) is 6.10. The highest BCUT2D eigenvalue weighted by Crippen LogP contribution is 2.29. The van der Waals surface area contributed by atoms with Gasteiger partial charge in [0.05, 0.1) is 17.7 Å². The van der Waals surface area contributed by atoms with Gasteiger partial charge in [-0.1, -0.05) is 54.4 Å². The summed E-state index contributed by atoms with van der Waals surface area (Å²) >= 11 is 12.8. The number of nitrogens with one attached hydrogen (secondary N) is 1. The molecule has 0 saturated carbocycles. The monoisotopic (exact) mass is 591 g/mol. The first-order valence-corrected chi connectivity index (χ1v) is 14.6. The largest absolute Gasteiger partial charge is 0.497 e. The Labute approximate surface area is 239 Å². The van der Waals surface area contributed by atoms with E-state index in [2.05, 4.69) is 5.32 Å². The lowest BCUT2D eigenvalue weighted by Gasteiger charge is -2.33. The van der Waals surface area contributed by atoms with Crippen LogP contribution in [0, 0.1) is 0 Å². The fraction of sp³-hybridized carbons (Fsp3) is 0.286. The summed E-state index contributed by atoms with van der Waals surface area (Å²) < 4.78 is 33.8. The van der Waals surface area contributed by atoms with Gasteiger partial charge in [-0.3, -0.25) is 13.9 Å². The average molecular weight is 593 g/mol. The smallest absolute Gasteiger partial charge is 0.264 e. The van der Waals surface area contributed by atoms with Crippen LogP contribution in [0.4, 0.5) is 5.69 Å². The van der Waals surface area contributed by atoms with E-state index in [-0.39, 0.29) is 29.5 Å². The molecule has 0 aliphatic rings. The SMILES string of the molecule is CCNC(=O)[C@@H](CC)N(Cc1c(Cl)cccc1Cl)C(=O)CN(c1ccc(OC)cc1)S(=O)(=O)c1ccccc1. The zero-order valence-corrected chi connectivity index (χ0v) is 24.3. The van der Waals surface area contributed by atoms with Gasteiger partial charge in [0.25, 0.3) is 10.0 Å². The number of sulfonamides is 1. The van der Waals surface area contributed by atoms with E-state index in [1.807, 2.05) is 0 Å². The number of methoxy groups -OCH3 is 1. The molecule has 0 radical (unpaired) electrons. The van der Waals surface area contributed by atoms with E-state index in [0.717, 1.165) is 4.31 Å². The molecule has 2 amide bonds. The minimum Gasteiger partial charge on any atom is -0.497 e. The molecule has 3 aromatic carbocycles. The molecule has 3 rings (SSSR count). The van der Waals surface area contributed by atoms with Crippen molar-refractivity contribution in [3.63, 3.8) is 0 Å². The number of hydrogen-bond donors (Lipinski definition) is 1. The second-order valence-electron chi connectivity index (χ2n) is 8.56. The number of nitrogens with zero attached hydrogens (tertiary/aromatic N) is 2. The van der Waals surface area contributed by atoms with Gasteiger partial charge in [-0.05, 0) is 61.9 Å². The number of likely N-dealkylation sites (N-methyl/N-ethyl adjacent to an activating group) is 1. The Kier molecular flexibility index (Phi) is 10.6. The highest BCUT2D eigenvalue weighted by molar-refractivity contribution is 7.92. The van der Waals surface area contributed by atoms with E-state index in [1.54, 1.807) is 74.5 Å². The third-order valence-corrected chi connectivity index (χ3v) is 8.59. The quantitative estimate of drug-likeness (QED) is 0.314. The van der Waals surface area contributed by atoms with Gasteiger partial charge in [0.1, 0.15) is 18.3 Å². The molecule has 208 valence electrons. The molecule has 39 heavy (non-hydrogen) atoms. The number of rotatable bonds is 12. The lowest BCUT2D eigenvalue weighted by Crippen LogP contribution is -2.52. The summed E-state index contributed by atoms with van der Waals surface area (Å²) in [5.41, 5.74) is 0.716. The highest BCUT2D eigenvalue weighted by Gasteiger charge is 2.34. The molecule has 0 fully saturated rings. The number of ether oxygens (including phenoxy) is 1. The van der Waals surface area contributed by atoms with Crippen molar-refractivity contribution in [1.82, 2.24) is 10.2 Å². The van der Waals surface area contributed by atoms with Crippen LogP contribution >= 0.6 is 23.2 Å². The maximum atomic E-state index is 14.0. The predicted octanol–water partition coefficient (Wildman–Crippen LogP) is 5.14. The summed E-state index contributed by atoms with van der Waals surface area (Å²) in [5.74, 6) is -0.433. The fourth-order valence-corrected chi connectivity index (χ4v) is 6.01. The first-order chi connectivity index (χ1) is 18.6. The number of halogens is 2. The Hall–Kier alpha value is -3.27. The number of carbonyl (C=O) groups excluding carboxylic acids is 2. The fourth-order valence-electron chi connectivity index (χ4n) is 4.06. The van der Waals surface area contributed by atoms with Gasteiger partial charge in [0.2, 0.25) is 11.8 Å². The topological polar surface area (TPSA) is 96.0 Å². The average Bonchev–Trinajstić information content (AvgIpc) is 2.93. The lowest BCUT2D eigenvalue weighted by atomic mass is 10.1. The normalized spacial score (nSPS) is 11.9. The Bertz CT molecular complexity index is 1370. The highest BCUT2D eigenvalue weighted by atomic mass is 35.5. The zero-order chi connectivity index (χ0) is 28.6. The van der Waals surface area contributed by atoms with E-state index >= 15 is 0 Å². The van der Waals surface area contributed by atoms with Crippen molar-refractivity contribution in [2.45, 2.75) is 37.8 Å². The van der Waals surface area contributed by atoms with Gasteiger partial charge < -0.3 is 15.0 Å². The number of carbonyl (C=O) groups is 2. The van der Waals surface area contributed by atoms with Gasteiger partial charge in [-0.25, -0.2) is 8.42 Å². The van der Waals surface area contributed by atoms with Crippen LogP contribution in [0.2, 0.25) is 10.0 Å². The molecule has 1 N–H and O–H groups in total. The summed E-state index contributed by atoms with van der Waals surface area (Å²) in [5, 5.41) is 3.41. The van der Waals surface area contributed by atoms with Crippen LogP contribution < -0.4 is 14.4 Å². The zero-order valence-electron chi connectivity index (χ0n) is 21.9. The van der Waals surface area contributed by atoms with E-state index in [4.69, 9.17) is 27.9 Å². The maximum Gasteiger partial charge on any atom is 0.264 e. The molecule has 0 aliphatic heterocycles. The second-order valence-corrected chi connectivity index (χ2v) is 11.2. The summed E-state index contributed by atoms with van der Waals surface area (Å²) in [7, 11) is -2.66. The summed E-state index contributed by atoms with van der Waals surface area (Å²) in [6.45, 7) is 3.26. The van der Waals surface area contributed by atoms with Gasteiger partial charge in [0.15, 0.2) is 0 Å². The minimum atomic E-state index is -4.16. The molecular formula is C28H31Cl2N3O5S. The van der Waals surface area contributed by atoms with Crippen molar-refractivity contribution in [3.8, 4) is 5.75 Å². The second kappa shape index (κ2) is 13.7. The molecule has 11 heteroatoms. The van der Waals surface area contributed by atoms with E-state index < -0.39 is 28.5 Å². The van der Waals surface area contributed by atoms with E-state index in [0.29, 0.717) is 27.9 Å². The number of amides is 2. The van der Waals surface area contributed by atoms with Crippen molar-refractivity contribution in [1.29, 1.82) is 0 Å². The minimum absolute atomic E-state index is 0.0186. The molecule has 0 saturated heterocycles. The summed E-state index contributed by atoms with van der Waals surface area (Å²) in [6, 6.07) is 18.2. The standard InChI is InChI=1S/C28H31Cl2N3O5S/c1-4-26(28(35)31-5-2)32(18-23-24(29)12-9-13-25(23)30)27(34)19-33(20-14-16-21(38-3)17-15-20)39(36,37)22-10-7-6-8-11-22/h6-17,26H,4-5,18-19H2,1-3H3,(H,31,35)/t26-/m1/s1. The van der Waals surface area contributed by atoms with Crippen molar-refractivity contribution in [3.05, 3.63) is 88.4 Å². The van der Waals surface area contributed by atoms with Crippen LogP contribution in [0.25, 0.3) is 0 Å². The molecule has 8 nitrogen and oxygen atoms in total. The summed E-state index contributed by atoms with van der Waals surface area (Å²) in [6.07, 6.45) is 0.285. The van der Waals surface area contributed by atoms with E-state index in [1.165, 1.54) is 24.1 Å². The van der Waals surface area contributed by atoms with Gasteiger partial charge in [-0.15, -0.1) is 0 Å². The van der Waals surface area contributed by atoms with Crippen molar-refractivity contribution >= 4 is 50.7 Å². The Morgan fingerprint density at radius 3 is 2.08 bits per heavy atom. The number of hydrogen-bond acceptors (Lipinski definition) is 5. The Morgan fingerprint density at radius 2 is 1.54 bits per heavy atom. The van der Waals surface area contributed by atoms with Crippen LogP contribution in [0.3, 0.4) is 0 Å². The first kappa shape index (κ1) is 30.3. The lowest BCUT2D eigenvalue weighted by molar-refractivity contribution is -0.140. The van der Waals surface area contributed by atoms with Crippen molar-refractivity contribution in [2.24, 2.45) is 0 Å². The van der Waals surface area contributed by atoms with Gasteiger partial charge in [-0.2, -0.15) is 0 Å². The Balaban J connectivity index is 2.09. The van der Waals surface area contributed by atoms with Crippen molar-refractivity contribution < 1.29 is 22.7 Å². The summed E-state index contributed by atoms with van der Waals surface area (Å²) in [4.78, 5) is 28.3. The van der Waals surface area contributed by atoms with Crippen LogP contribution in [-0.2, 0) is 26.2 Å². The molecule has 0 spiro atoms.